The Morgan fingerprint density at radius 1 is 1.15 bits per heavy atom. The van der Waals surface area contributed by atoms with Crippen LogP contribution in [-0.2, 0) is 6.54 Å². The number of ether oxygens (including phenoxy) is 1. The van der Waals surface area contributed by atoms with Crippen LogP contribution in [0, 0.1) is 6.92 Å². The summed E-state index contributed by atoms with van der Waals surface area (Å²) in [5.41, 5.74) is 3.20. The van der Waals surface area contributed by atoms with Gasteiger partial charge in [-0.1, -0.05) is 42.5 Å². The number of carbonyl (C=O) groups is 1. The van der Waals surface area contributed by atoms with Crippen molar-refractivity contribution in [2.75, 3.05) is 6.61 Å². The Morgan fingerprint density at radius 2 is 1.97 bits per heavy atom. The molecule has 1 aliphatic rings. The summed E-state index contributed by atoms with van der Waals surface area (Å²) < 4.78 is 11.6. The van der Waals surface area contributed by atoms with Crippen LogP contribution in [0.1, 0.15) is 38.9 Å². The predicted octanol–water partition coefficient (Wildman–Crippen LogP) is 4.81. The van der Waals surface area contributed by atoms with Crippen molar-refractivity contribution in [2.24, 2.45) is 0 Å². The van der Waals surface area contributed by atoms with E-state index in [1.807, 2.05) is 49.4 Å². The molecule has 0 saturated heterocycles. The zero-order valence-electron chi connectivity index (χ0n) is 18.2. The summed E-state index contributed by atoms with van der Waals surface area (Å²) in [5.74, 6) is 0.464. The molecule has 0 spiro atoms. The van der Waals surface area contributed by atoms with Crippen LogP contribution in [0.25, 0.3) is 11.0 Å². The average Bonchev–Trinajstić information content (AvgIpc) is 3.11. The minimum Gasteiger partial charge on any atom is -0.490 e. The molecular weight excluding hydrogens is 416 g/mol. The Bertz CT molecular complexity index is 1410. The largest absolute Gasteiger partial charge is 0.490 e. The van der Waals surface area contributed by atoms with E-state index in [9.17, 15) is 9.59 Å². The first-order chi connectivity index (χ1) is 16.1. The van der Waals surface area contributed by atoms with E-state index < -0.39 is 6.04 Å². The van der Waals surface area contributed by atoms with Gasteiger partial charge in [0.2, 0.25) is 5.76 Å². The second-order valence-electron chi connectivity index (χ2n) is 8.04. The van der Waals surface area contributed by atoms with Gasteiger partial charge >= 0.3 is 0 Å². The molecule has 0 aliphatic carbocycles. The van der Waals surface area contributed by atoms with Gasteiger partial charge in [-0.2, -0.15) is 0 Å². The molecule has 1 amide bonds. The Labute approximate surface area is 190 Å². The minimum absolute atomic E-state index is 0.0947. The molecule has 5 rings (SSSR count). The van der Waals surface area contributed by atoms with E-state index in [1.54, 1.807) is 35.5 Å². The highest BCUT2D eigenvalue weighted by Crippen LogP contribution is 2.39. The lowest BCUT2D eigenvalue weighted by atomic mass is 9.98. The van der Waals surface area contributed by atoms with Crippen LogP contribution in [0.3, 0.4) is 0 Å². The number of fused-ring (bicyclic) bond motifs is 2. The van der Waals surface area contributed by atoms with Crippen molar-refractivity contribution >= 4 is 16.9 Å². The molecule has 164 valence electrons. The summed E-state index contributed by atoms with van der Waals surface area (Å²) in [6.07, 6.45) is 5.08. The van der Waals surface area contributed by atoms with Gasteiger partial charge in [0.05, 0.1) is 17.0 Å². The van der Waals surface area contributed by atoms with Gasteiger partial charge in [0.25, 0.3) is 5.91 Å². The molecule has 2 aromatic carbocycles. The highest BCUT2D eigenvalue weighted by molar-refractivity contribution is 5.99. The number of amides is 1. The third kappa shape index (κ3) is 3.69. The third-order valence-corrected chi connectivity index (χ3v) is 5.76. The monoisotopic (exact) mass is 438 g/mol. The maximum atomic E-state index is 13.6. The number of hydrogen-bond donors (Lipinski definition) is 0. The first-order valence-corrected chi connectivity index (χ1v) is 10.7. The fraction of sp³-hybridized carbons (Fsp3) is 0.148. The van der Waals surface area contributed by atoms with Crippen LogP contribution in [-0.4, -0.2) is 22.4 Å². The molecule has 0 N–H and O–H groups in total. The van der Waals surface area contributed by atoms with E-state index in [0.717, 1.165) is 16.7 Å². The molecular formula is C27H22N2O4. The van der Waals surface area contributed by atoms with Gasteiger partial charge in [-0.3, -0.25) is 14.6 Å². The molecule has 3 heterocycles. The molecule has 0 radical (unpaired) electrons. The number of nitrogens with zero attached hydrogens (tertiary/aromatic N) is 2. The van der Waals surface area contributed by atoms with Crippen LogP contribution >= 0.6 is 0 Å². The van der Waals surface area contributed by atoms with Gasteiger partial charge < -0.3 is 14.1 Å². The van der Waals surface area contributed by atoms with Gasteiger partial charge in [0.15, 0.2) is 5.43 Å². The lowest BCUT2D eigenvalue weighted by Crippen LogP contribution is -2.29. The minimum atomic E-state index is -0.581. The van der Waals surface area contributed by atoms with Crippen molar-refractivity contribution in [1.29, 1.82) is 0 Å². The highest BCUT2D eigenvalue weighted by atomic mass is 16.5. The summed E-state index contributed by atoms with van der Waals surface area (Å²) in [5, 5.41) is 0.473. The van der Waals surface area contributed by atoms with Crippen LogP contribution in [0.15, 0.2) is 88.9 Å². The Kier molecular flexibility index (Phi) is 5.26. The SMILES string of the molecule is C=CCOc1ccc([C@@H]2c3c(oc4ccc(C)cc4c3=O)C(=O)N2Cc2cccnc2)cc1. The van der Waals surface area contributed by atoms with Crippen molar-refractivity contribution in [1.82, 2.24) is 9.88 Å². The molecule has 2 aromatic heterocycles. The van der Waals surface area contributed by atoms with Crippen molar-refractivity contribution in [2.45, 2.75) is 19.5 Å². The zero-order valence-corrected chi connectivity index (χ0v) is 18.2. The number of benzene rings is 2. The quantitative estimate of drug-likeness (QED) is 0.404. The molecule has 0 bridgehead atoms. The number of aryl methyl sites for hydroxylation is 1. The van der Waals surface area contributed by atoms with Gasteiger partial charge in [0, 0.05) is 18.9 Å². The molecule has 1 atom stereocenters. The molecule has 6 heteroatoms. The second kappa shape index (κ2) is 8.39. The van der Waals surface area contributed by atoms with Crippen LogP contribution in [0.5, 0.6) is 5.75 Å². The molecule has 0 saturated carbocycles. The van der Waals surface area contributed by atoms with Crippen molar-refractivity contribution in [3.05, 3.63) is 118 Å². The maximum Gasteiger partial charge on any atom is 0.291 e. The number of hydrogen-bond acceptors (Lipinski definition) is 5. The predicted molar refractivity (Wildman–Crippen MR) is 125 cm³/mol. The molecule has 6 nitrogen and oxygen atoms in total. The number of pyridine rings is 1. The fourth-order valence-corrected chi connectivity index (χ4v) is 4.23. The molecule has 1 aliphatic heterocycles. The normalized spacial score (nSPS) is 15.0. The van der Waals surface area contributed by atoms with E-state index >= 15 is 0 Å². The van der Waals surface area contributed by atoms with Gasteiger partial charge in [-0.15, -0.1) is 0 Å². The summed E-state index contributed by atoms with van der Waals surface area (Å²) in [4.78, 5) is 32.9. The standard InChI is InChI=1S/C27H22N2O4/c1-3-13-32-20-9-7-19(8-10-20)24-23-25(30)21-14-17(2)6-11-22(21)33-26(23)27(31)29(24)16-18-5-4-12-28-15-18/h3-12,14-15,24H,1,13,16H2,2H3/t24-/m1/s1. The molecule has 0 fully saturated rings. The van der Waals surface area contributed by atoms with E-state index in [0.29, 0.717) is 35.4 Å². The van der Waals surface area contributed by atoms with E-state index in [4.69, 9.17) is 9.15 Å². The average molecular weight is 438 g/mol. The van der Waals surface area contributed by atoms with Crippen LogP contribution in [0.4, 0.5) is 0 Å². The van der Waals surface area contributed by atoms with E-state index in [1.165, 1.54) is 0 Å². The summed E-state index contributed by atoms with van der Waals surface area (Å²) >= 11 is 0. The first kappa shape index (κ1) is 20.7. The molecule has 4 aromatic rings. The Hall–Kier alpha value is -4.19. The van der Waals surface area contributed by atoms with Crippen LogP contribution < -0.4 is 10.2 Å². The van der Waals surface area contributed by atoms with Crippen molar-refractivity contribution < 1.29 is 13.9 Å². The zero-order chi connectivity index (χ0) is 22.9. The highest BCUT2D eigenvalue weighted by Gasteiger charge is 2.42. The maximum absolute atomic E-state index is 13.6. The fourth-order valence-electron chi connectivity index (χ4n) is 4.23. The molecule has 0 unspecified atom stereocenters. The second-order valence-corrected chi connectivity index (χ2v) is 8.04. The topological polar surface area (TPSA) is 72.6 Å². The lowest BCUT2D eigenvalue weighted by molar-refractivity contribution is 0.0714. The Balaban J connectivity index is 1.66. The van der Waals surface area contributed by atoms with Gasteiger partial charge in [-0.05, 0) is 48.4 Å². The van der Waals surface area contributed by atoms with E-state index in [-0.39, 0.29) is 17.1 Å². The van der Waals surface area contributed by atoms with Crippen molar-refractivity contribution in [3.8, 4) is 5.75 Å². The number of aromatic nitrogens is 1. The lowest BCUT2D eigenvalue weighted by Gasteiger charge is -2.25. The van der Waals surface area contributed by atoms with Gasteiger partial charge in [-0.25, -0.2) is 0 Å². The van der Waals surface area contributed by atoms with Crippen LogP contribution in [0.2, 0.25) is 0 Å². The number of rotatable bonds is 6. The third-order valence-electron chi connectivity index (χ3n) is 5.76. The first-order valence-electron chi connectivity index (χ1n) is 10.7. The van der Waals surface area contributed by atoms with Gasteiger partial charge in [0.1, 0.15) is 17.9 Å². The summed E-state index contributed by atoms with van der Waals surface area (Å²) in [7, 11) is 0. The Morgan fingerprint density at radius 3 is 2.70 bits per heavy atom. The van der Waals surface area contributed by atoms with Crippen molar-refractivity contribution in [3.63, 3.8) is 0 Å². The molecule has 33 heavy (non-hydrogen) atoms. The summed E-state index contributed by atoms with van der Waals surface area (Å²) in [6, 6.07) is 16.0. The van der Waals surface area contributed by atoms with E-state index in [2.05, 4.69) is 11.6 Å². The number of carbonyl (C=O) groups excluding carboxylic acids is 1. The smallest absolute Gasteiger partial charge is 0.291 e. The summed E-state index contributed by atoms with van der Waals surface area (Å²) in [6.45, 7) is 6.27.